The predicted octanol–water partition coefficient (Wildman–Crippen LogP) is 5.99. The summed E-state index contributed by atoms with van der Waals surface area (Å²) in [6.07, 6.45) is 1.48. The summed E-state index contributed by atoms with van der Waals surface area (Å²) in [5, 5.41) is 0. The Balaban J connectivity index is 1.52. The van der Waals surface area contributed by atoms with Crippen LogP contribution in [0.1, 0.15) is 24.4 Å². The lowest BCUT2D eigenvalue weighted by Crippen LogP contribution is -2.53. The van der Waals surface area contributed by atoms with Gasteiger partial charge >= 0.3 is 0 Å². The Hall–Kier alpha value is -2.21. The number of carbonyl (C=O) groups excluding carboxylic acids is 1. The summed E-state index contributed by atoms with van der Waals surface area (Å²) in [5.41, 5.74) is 1.14. The predicted molar refractivity (Wildman–Crippen MR) is 122 cm³/mol. The lowest BCUT2D eigenvalue weighted by Gasteiger charge is -2.43. The van der Waals surface area contributed by atoms with Crippen molar-refractivity contribution in [2.24, 2.45) is 0 Å². The highest BCUT2D eigenvalue weighted by Crippen LogP contribution is 2.54. The summed E-state index contributed by atoms with van der Waals surface area (Å²) in [7, 11) is 0. The molecule has 3 aromatic carbocycles. The van der Waals surface area contributed by atoms with Crippen molar-refractivity contribution in [2.75, 3.05) is 6.61 Å². The van der Waals surface area contributed by atoms with E-state index < -0.39 is 4.08 Å². The molecule has 0 saturated carbocycles. The summed E-state index contributed by atoms with van der Waals surface area (Å²) in [5.74, 6) is 0.160. The van der Waals surface area contributed by atoms with Crippen LogP contribution in [0, 0.1) is 0 Å². The first-order chi connectivity index (χ1) is 14.8. The van der Waals surface area contributed by atoms with E-state index in [0.717, 1.165) is 28.2 Å². The largest absolute Gasteiger partial charge is 0.356 e. The smallest absolute Gasteiger partial charge is 0.252 e. The third-order valence-corrected chi connectivity index (χ3v) is 8.54. The van der Waals surface area contributed by atoms with Gasteiger partial charge in [0.05, 0.1) is 12.6 Å². The molecule has 0 aromatic heterocycles. The first-order valence-electron chi connectivity index (χ1n) is 10.2. The Bertz CT molecular complexity index is 956. The Labute approximate surface area is 185 Å². The average Bonchev–Trinajstić information content (AvgIpc) is 3.23. The molecule has 5 rings (SSSR count). The zero-order chi connectivity index (χ0) is 20.4. The third kappa shape index (κ3) is 3.78. The Morgan fingerprint density at radius 3 is 1.90 bits per heavy atom. The molecular formula is C25H23NO2S2. The molecule has 0 unspecified atom stereocenters. The average molecular weight is 434 g/mol. The van der Waals surface area contributed by atoms with Gasteiger partial charge in [-0.05, 0) is 42.7 Å². The van der Waals surface area contributed by atoms with E-state index in [9.17, 15) is 4.79 Å². The molecule has 2 heterocycles. The van der Waals surface area contributed by atoms with Gasteiger partial charge in [-0.15, -0.1) is 0 Å². The molecule has 2 aliphatic heterocycles. The highest BCUT2D eigenvalue weighted by molar-refractivity contribution is 8.19. The quantitative estimate of drug-likeness (QED) is 0.463. The first-order valence-corrected chi connectivity index (χ1v) is 11.9. The van der Waals surface area contributed by atoms with Crippen molar-refractivity contribution in [3.63, 3.8) is 0 Å². The molecule has 3 aromatic rings. The number of nitrogens with zero attached hydrogens (tertiary/aromatic N) is 1. The normalized spacial score (nSPS) is 22.7. The van der Waals surface area contributed by atoms with Gasteiger partial charge in [-0.3, -0.25) is 4.79 Å². The van der Waals surface area contributed by atoms with E-state index in [1.165, 1.54) is 0 Å². The molecule has 0 aliphatic carbocycles. The fourth-order valence-corrected chi connectivity index (χ4v) is 7.09. The molecule has 2 saturated heterocycles. The van der Waals surface area contributed by atoms with Crippen LogP contribution >= 0.6 is 23.5 Å². The van der Waals surface area contributed by atoms with Crippen LogP contribution in [0.2, 0.25) is 0 Å². The van der Waals surface area contributed by atoms with Gasteiger partial charge in [0.15, 0.2) is 0 Å². The number of benzene rings is 3. The summed E-state index contributed by atoms with van der Waals surface area (Å²) in [4.78, 5) is 18.4. The Kier molecular flexibility index (Phi) is 5.59. The second kappa shape index (κ2) is 8.50. The van der Waals surface area contributed by atoms with E-state index in [0.29, 0.717) is 6.61 Å². The molecule has 1 amide bonds. The molecule has 0 N–H and O–H groups in total. The molecule has 30 heavy (non-hydrogen) atoms. The molecule has 2 fully saturated rings. The number of rotatable bonds is 5. The number of hydrogen-bond acceptors (Lipinski definition) is 4. The van der Waals surface area contributed by atoms with Crippen LogP contribution < -0.4 is 0 Å². The maximum atomic E-state index is 14.1. The summed E-state index contributed by atoms with van der Waals surface area (Å²) >= 11 is 3.35. The molecule has 5 heteroatoms. The van der Waals surface area contributed by atoms with Crippen LogP contribution in [0.25, 0.3) is 0 Å². The van der Waals surface area contributed by atoms with E-state index in [-0.39, 0.29) is 18.2 Å². The Morgan fingerprint density at radius 2 is 1.33 bits per heavy atom. The van der Waals surface area contributed by atoms with Crippen LogP contribution in [0.4, 0.5) is 0 Å². The van der Waals surface area contributed by atoms with Crippen LogP contribution in [0.3, 0.4) is 0 Å². The van der Waals surface area contributed by atoms with Crippen molar-refractivity contribution < 1.29 is 9.53 Å². The lowest BCUT2D eigenvalue weighted by molar-refractivity contribution is -0.142. The van der Waals surface area contributed by atoms with Crippen molar-refractivity contribution in [3.05, 3.63) is 96.6 Å². The monoisotopic (exact) mass is 433 g/mol. The zero-order valence-electron chi connectivity index (χ0n) is 16.5. The lowest BCUT2D eigenvalue weighted by atomic mass is 10.0. The van der Waals surface area contributed by atoms with Gasteiger partial charge in [-0.1, -0.05) is 90.3 Å². The minimum absolute atomic E-state index is 0.0314. The van der Waals surface area contributed by atoms with Gasteiger partial charge in [-0.2, -0.15) is 0 Å². The molecule has 152 valence electrons. The summed E-state index contributed by atoms with van der Waals surface area (Å²) in [6, 6.07) is 30.7. The maximum Gasteiger partial charge on any atom is 0.252 e. The van der Waals surface area contributed by atoms with Crippen molar-refractivity contribution in [3.8, 4) is 0 Å². The van der Waals surface area contributed by atoms with E-state index in [4.69, 9.17) is 4.74 Å². The molecule has 0 spiro atoms. The van der Waals surface area contributed by atoms with Crippen LogP contribution in [-0.2, 0) is 9.53 Å². The fourth-order valence-electron chi connectivity index (χ4n) is 4.18. The first kappa shape index (κ1) is 19.7. The second-order valence-electron chi connectivity index (χ2n) is 7.55. The van der Waals surface area contributed by atoms with Crippen LogP contribution in [0.5, 0.6) is 0 Å². The van der Waals surface area contributed by atoms with Crippen LogP contribution in [0.15, 0.2) is 101 Å². The maximum absolute atomic E-state index is 14.1. The van der Waals surface area contributed by atoms with E-state index in [2.05, 4.69) is 36.4 Å². The van der Waals surface area contributed by atoms with Gasteiger partial charge in [0.25, 0.3) is 5.91 Å². The van der Waals surface area contributed by atoms with Gasteiger partial charge < -0.3 is 9.64 Å². The van der Waals surface area contributed by atoms with Gasteiger partial charge in [0.2, 0.25) is 0 Å². The molecule has 2 aliphatic rings. The molecular weight excluding hydrogens is 410 g/mol. The summed E-state index contributed by atoms with van der Waals surface area (Å²) < 4.78 is 5.46. The van der Waals surface area contributed by atoms with Gasteiger partial charge in [0.1, 0.15) is 10.3 Å². The molecule has 2 atom stereocenters. The van der Waals surface area contributed by atoms with E-state index in [1.54, 1.807) is 23.5 Å². The number of ether oxygens (including phenoxy) is 1. The molecule has 0 bridgehead atoms. The number of fused-ring (bicyclic) bond motifs is 1. The van der Waals surface area contributed by atoms with Crippen molar-refractivity contribution in [1.82, 2.24) is 4.90 Å². The zero-order valence-corrected chi connectivity index (χ0v) is 18.1. The van der Waals surface area contributed by atoms with E-state index in [1.807, 2.05) is 59.5 Å². The number of amides is 1. The fraction of sp³-hybridized carbons (Fsp3) is 0.240. The standard InChI is InChI=1S/C25H23NO2S2/c27-24-25(29-20-12-6-2-7-13-20,30-21-14-8-3-9-15-21)17-16-23-26(24)22(18-28-23)19-10-4-1-5-11-19/h1-15,22-23H,16-18H2/t22-,23-/m0/s1. The van der Waals surface area contributed by atoms with Gasteiger partial charge in [-0.25, -0.2) is 0 Å². The number of carbonyl (C=O) groups is 1. The molecule has 0 radical (unpaired) electrons. The number of piperidine rings is 1. The summed E-state index contributed by atoms with van der Waals surface area (Å²) in [6.45, 7) is 0.558. The van der Waals surface area contributed by atoms with Crippen molar-refractivity contribution in [1.29, 1.82) is 0 Å². The highest BCUT2D eigenvalue weighted by atomic mass is 32.2. The van der Waals surface area contributed by atoms with Crippen molar-refractivity contribution in [2.45, 2.75) is 39.0 Å². The van der Waals surface area contributed by atoms with Crippen LogP contribution in [-0.4, -0.2) is 27.7 Å². The molecule has 3 nitrogen and oxygen atoms in total. The SMILES string of the molecule is O=C1N2[C@H](CCC1(Sc1ccccc1)Sc1ccccc1)OC[C@H]2c1ccccc1. The minimum Gasteiger partial charge on any atom is -0.356 e. The van der Waals surface area contributed by atoms with Gasteiger partial charge in [0, 0.05) is 9.79 Å². The number of thioether (sulfide) groups is 2. The topological polar surface area (TPSA) is 29.5 Å². The second-order valence-corrected chi connectivity index (χ2v) is 10.6. The van der Waals surface area contributed by atoms with E-state index >= 15 is 0 Å². The number of hydrogen-bond donors (Lipinski definition) is 0. The highest BCUT2D eigenvalue weighted by Gasteiger charge is 2.54. The Morgan fingerprint density at radius 1 is 0.800 bits per heavy atom. The van der Waals surface area contributed by atoms with Crippen molar-refractivity contribution >= 4 is 29.4 Å². The third-order valence-electron chi connectivity index (χ3n) is 5.61. The minimum atomic E-state index is -0.611.